The Bertz CT molecular complexity index is 1030. The summed E-state index contributed by atoms with van der Waals surface area (Å²) in [7, 11) is 0. The fourth-order valence-corrected chi connectivity index (χ4v) is 3.72. The van der Waals surface area contributed by atoms with Gasteiger partial charge in [0.05, 0.1) is 0 Å². The van der Waals surface area contributed by atoms with Gasteiger partial charge in [0.1, 0.15) is 6.61 Å². The third kappa shape index (κ3) is 4.63. The number of allylic oxidation sites excluding steroid dienone is 4. The van der Waals surface area contributed by atoms with E-state index in [4.69, 9.17) is 10.5 Å². The van der Waals surface area contributed by atoms with E-state index in [-0.39, 0.29) is 31.4 Å². The van der Waals surface area contributed by atoms with Crippen LogP contribution in [0.4, 0.5) is 10.5 Å². The number of fused-ring (bicyclic) bond motifs is 1. The van der Waals surface area contributed by atoms with Crippen LogP contribution in [0.25, 0.3) is 5.57 Å². The highest BCUT2D eigenvalue weighted by Crippen LogP contribution is 2.44. The van der Waals surface area contributed by atoms with Crippen LogP contribution in [-0.4, -0.2) is 41.9 Å². The first-order chi connectivity index (χ1) is 14.8. The van der Waals surface area contributed by atoms with Crippen molar-refractivity contribution in [3.8, 4) is 0 Å². The van der Waals surface area contributed by atoms with E-state index in [2.05, 4.69) is 11.9 Å². The summed E-state index contributed by atoms with van der Waals surface area (Å²) >= 11 is 0. The molecule has 1 atom stereocenters. The van der Waals surface area contributed by atoms with Crippen LogP contribution in [0.15, 0.2) is 60.7 Å². The van der Waals surface area contributed by atoms with Crippen LogP contribution < -0.4 is 11.1 Å². The zero-order valence-electron chi connectivity index (χ0n) is 17.1. The molecule has 31 heavy (non-hydrogen) atoms. The third-order valence-corrected chi connectivity index (χ3v) is 5.10. The smallest absolute Gasteiger partial charge is 0.404 e. The lowest BCUT2D eigenvalue weighted by atomic mass is 9.96. The number of nitrogens with zero attached hydrogens (tertiary/aromatic N) is 1. The fourth-order valence-electron chi connectivity index (χ4n) is 3.72. The number of anilines is 1. The predicted octanol–water partition coefficient (Wildman–Crippen LogP) is 2.65. The standard InChI is InChI=1S/C23H23N3O5/c1-3-5-16-15(4-2)19(13-31-23(24)30)18-12-14(6-7-17(16)18)25-20(27)10-11-26-21(28)8-9-22(26)29/h3-9,12,19H,2,10-11,13H2,1H3,(H2,24,30)(H,25,27)/b5-3-. The van der Waals surface area contributed by atoms with Gasteiger partial charge in [0.15, 0.2) is 0 Å². The average Bonchev–Trinajstić information content (AvgIpc) is 3.21. The zero-order chi connectivity index (χ0) is 22.5. The van der Waals surface area contributed by atoms with E-state index in [1.165, 1.54) is 12.2 Å². The number of hydrogen-bond donors (Lipinski definition) is 2. The highest BCUT2D eigenvalue weighted by atomic mass is 16.5. The minimum absolute atomic E-state index is 0.00410. The summed E-state index contributed by atoms with van der Waals surface area (Å²) < 4.78 is 5.05. The zero-order valence-corrected chi connectivity index (χ0v) is 17.1. The van der Waals surface area contributed by atoms with Gasteiger partial charge < -0.3 is 15.8 Å². The van der Waals surface area contributed by atoms with Crippen molar-refractivity contribution in [1.82, 2.24) is 4.90 Å². The summed E-state index contributed by atoms with van der Waals surface area (Å²) in [5.74, 6) is -1.45. The molecule has 0 aromatic heterocycles. The van der Waals surface area contributed by atoms with E-state index >= 15 is 0 Å². The topological polar surface area (TPSA) is 119 Å². The molecule has 0 bridgehead atoms. The summed E-state index contributed by atoms with van der Waals surface area (Å²) in [5.41, 5.74) is 9.37. The number of primary amides is 1. The van der Waals surface area contributed by atoms with Crippen LogP contribution in [0.5, 0.6) is 0 Å². The Morgan fingerprint density at radius 2 is 1.97 bits per heavy atom. The molecule has 0 fully saturated rings. The average molecular weight is 421 g/mol. The van der Waals surface area contributed by atoms with Crippen molar-refractivity contribution < 1.29 is 23.9 Å². The van der Waals surface area contributed by atoms with Gasteiger partial charge in [-0.15, -0.1) is 0 Å². The van der Waals surface area contributed by atoms with E-state index in [9.17, 15) is 19.2 Å². The minimum atomic E-state index is -0.866. The SMILES string of the molecule is C=CC1=C(/C=C\C)c2ccc(NC(=O)CCN3C(=O)C=CC3=O)cc2C1COC(N)=O. The molecule has 1 aromatic carbocycles. The normalized spacial score (nSPS) is 17.5. The molecule has 4 amide bonds. The van der Waals surface area contributed by atoms with Gasteiger partial charge in [0, 0.05) is 36.7 Å². The second-order valence-electron chi connectivity index (χ2n) is 7.02. The molecule has 160 valence electrons. The molecule has 1 aliphatic heterocycles. The maximum absolute atomic E-state index is 12.4. The molecule has 2 aliphatic rings. The molecule has 8 heteroatoms. The van der Waals surface area contributed by atoms with Gasteiger partial charge in [-0.25, -0.2) is 4.79 Å². The molecule has 1 aliphatic carbocycles. The predicted molar refractivity (Wildman–Crippen MR) is 116 cm³/mol. The quantitative estimate of drug-likeness (QED) is 0.626. The molecule has 3 rings (SSSR count). The van der Waals surface area contributed by atoms with Crippen LogP contribution in [-0.2, 0) is 19.1 Å². The molecular weight excluding hydrogens is 398 g/mol. The van der Waals surface area contributed by atoms with E-state index in [0.717, 1.165) is 27.2 Å². The molecule has 0 radical (unpaired) electrons. The highest BCUT2D eigenvalue weighted by molar-refractivity contribution is 6.13. The number of imide groups is 1. The number of nitrogens with one attached hydrogen (secondary N) is 1. The van der Waals surface area contributed by atoms with Crippen LogP contribution >= 0.6 is 0 Å². The summed E-state index contributed by atoms with van der Waals surface area (Å²) in [6.07, 6.45) is 7.06. The van der Waals surface area contributed by atoms with E-state index < -0.39 is 17.9 Å². The Kier molecular flexibility index (Phi) is 6.49. The highest BCUT2D eigenvalue weighted by Gasteiger charge is 2.30. The van der Waals surface area contributed by atoms with Crippen molar-refractivity contribution in [3.05, 3.63) is 71.9 Å². The second-order valence-corrected chi connectivity index (χ2v) is 7.02. The maximum atomic E-state index is 12.4. The first-order valence-corrected chi connectivity index (χ1v) is 9.75. The first kappa shape index (κ1) is 21.8. The molecule has 0 spiro atoms. The van der Waals surface area contributed by atoms with Gasteiger partial charge in [-0.1, -0.05) is 30.9 Å². The lowest BCUT2D eigenvalue weighted by Crippen LogP contribution is -2.33. The number of amides is 4. The van der Waals surface area contributed by atoms with Crippen molar-refractivity contribution in [2.45, 2.75) is 19.3 Å². The lowest BCUT2D eigenvalue weighted by molar-refractivity contribution is -0.137. The van der Waals surface area contributed by atoms with E-state index in [1.54, 1.807) is 12.1 Å². The number of benzene rings is 1. The van der Waals surface area contributed by atoms with Crippen LogP contribution in [0.1, 0.15) is 30.4 Å². The van der Waals surface area contributed by atoms with Gasteiger partial charge >= 0.3 is 6.09 Å². The first-order valence-electron chi connectivity index (χ1n) is 9.75. The largest absolute Gasteiger partial charge is 0.449 e. The summed E-state index contributed by atoms with van der Waals surface area (Å²) in [6.45, 7) is 5.84. The maximum Gasteiger partial charge on any atom is 0.404 e. The Morgan fingerprint density at radius 3 is 2.58 bits per heavy atom. The summed E-state index contributed by atoms with van der Waals surface area (Å²) in [5, 5.41) is 2.79. The Balaban J connectivity index is 1.77. The van der Waals surface area contributed by atoms with Crippen molar-refractivity contribution >= 4 is 35.1 Å². The van der Waals surface area contributed by atoms with Crippen LogP contribution in [0.3, 0.4) is 0 Å². The minimum Gasteiger partial charge on any atom is -0.449 e. The number of nitrogens with two attached hydrogens (primary N) is 1. The number of carbonyl (C=O) groups excluding carboxylic acids is 4. The van der Waals surface area contributed by atoms with E-state index in [0.29, 0.717) is 5.69 Å². The molecular formula is C23H23N3O5. The monoisotopic (exact) mass is 421 g/mol. The van der Waals surface area contributed by atoms with Crippen LogP contribution in [0, 0.1) is 0 Å². The van der Waals surface area contributed by atoms with Crippen molar-refractivity contribution in [2.24, 2.45) is 5.73 Å². The van der Waals surface area contributed by atoms with Gasteiger partial charge in [-0.05, 0) is 41.3 Å². The van der Waals surface area contributed by atoms with Crippen molar-refractivity contribution in [2.75, 3.05) is 18.5 Å². The Morgan fingerprint density at radius 1 is 1.26 bits per heavy atom. The van der Waals surface area contributed by atoms with Gasteiger partial charge in [0.2, 0.25) is 5.91 Å². The number of carbonyl (C=O) groups is 4. The number of ether oxygens (including phenoxy) is 1. The molecule has 0 saturated carbocycles. The van der Waals surface area contributed by atoms with Gasteiger partial charge in [-0.3, -0.25) is 19.3 Å². The number of rotatable bonds is 8. The Labute approximate surface area is 179 Å². The lowest BCUT2D eigenvalue weighted by Gasteiger charge is -2.16. The Hall–Kier alpha value is -3.94. The van der Waals surface area contributed by atoms with Gasteiger partial charge in [0.25, 0.3) is 11.8 Å². The van der Waals surface area contributed by atoms with Crippen molar-refractivity contribution in [1.29, 1.82) is 0 Å². The molecule has 8 nitrogen and oxygen atoms in total. The molecule has 1 heterocycles. The molecule has 1 aromatic rings. The second kappa shape index (κ2) is 9.25. The summed E-state index contributed by atoms with van der Waals surface area (Å²) in [4.78, 5) is 47.7. The summed E-state index contributed by atoms with van der Waals surface area (Å²) in [6, 6.07) is 5.47. The third-order valence-electron chi connectivity index (χ3n) is 5.10. The van der Waals surface area contributed by atoms with Crippen LogP contribution in [0.2, 0.25) is 0 Å². The van der Waals surface area contributed by atoms with Crippen molar-refractivity contribution in [3.63, 3.8) is 0 Å². The fraction of sp³-hybridized carbons (Fsp3) is 0.217. The molecule has 3 N–H and O–H groups in total. The number of hydrogen-bond acceptors (Lipinski definition) is 5. The molecule has 0 saturated heterocycles. The van der Waals surface area contributed by atoms with Gasteiger partial charge in [-0.2, -0.15) is 0 Å². The molecule has 1 unspecified atom stereocenters. The van der Waals surface area contributed by atoms with E-state index in [1.807, 2.05) is 31.2 Å².